The number of unbranched alkanes of at least 4 members (excludes halogenated alkanes) is 1. The number of aliphatic hydroxyl groups is 1. The molecule has 1 aliphatic heterocycles. The van der Waals surface area contributed by atoms with Crippen LogP contribution in [0.5, 0.6) is 5.75 Å². The van der Waals surface area contributed by atoms with Crippen LogP contribution in [0.15, 0.2) is 77.0 Å². The van der Waals surface area contributed by atoms with Gasteiger partial charge in [0.2, 0.25) is 0 Å². The first-order valence-corrected chi connectivity index (χ1v) is 12.4. The number of Topliss-reactive ketones (excluding diaryl/α,β-unsaturated/α-hetero) is 1. The molecule has 1 saturated heterocycles. The van der Waals surface area contributed by atoms with Gasteiger partial charge in [-0.1, -0.05) is 47.5 Å². The van der Waals surface area contributed by atoms with Gasteiger partial charge >= 0.3 is 0 Å². The van der Waals surface area contributed by atoms with E-state index in [-0.39, 0.29) is 17.9 Å². The Morgan fingerprint density at radius 1 is 1.14 bits per heavy atom. The van der Waals surface area contributed by atoms with Crippen LogP contribution in [0.3, 0.4) is 0 Å². The zero-order valence-corrected chi connectivity index (χ0v) is 21.3. The Morgan fingerprint density at radius 2 is 1.91 bits per heavy atom. The third-order valence-corrected chi connectivity index (χ3v) is 6.53. The van der Waals surface area contributed by atoms with Gasteiger partial charge in [-0.2, -0.15) is 0 Å². The van der Waals surface area contributed by atoms with E-state index in [0.29, 0.717) is 12.2 Å². The Morgan fingerprint density at radius 3 is 2.57 bits per heavy atom. The van der Waals surface area contributed by atoms with Crippen molar-refractivity contribution in [2.45, 2.75) is 39.3 Å². The maximum atomic E-state index is 13.2. The summed E-state index contributed by atoms with van der Waals surface area (Å²) in [4.78, 5) is 32.0. The molecule has 1 fully saturated rings. The number of ketones is 1. The highest BCUT2D eigenvalue weighted by molar-refractivity contribution is 9.10. The average Bonchev–Trinajstić information content (AvgIpc) is 3.10. The fraction of sp³-hybridized carbons (Fsp3) is 0.250. The van der Waals surface area contributed by atoms with E-state index < -0.39 is 17.7 Å². The molecule has 1 N–H and O–H groups in total. The summed E-state index contributed by atoms with van der Waals surface area (Å²) >= 11 is 3.44. The van der Waals surface area contributed by atoms with Crippen LogP contribution in [0.25, 0.3) is 5.76 Å². The summed E-state index contributed by atoms with van der Waals surface area (Å²) in [5, 5.41) is 11.3. The van der Waals surface area contributed by atoms with Crippen LogP contribution in [-0.2, 0) is 16.1 Å². The van der Waals surface area contributed by atoms with Gasteiger partial charge in [0.1, 0.15) is 11.5 Å². The highest BCUT2D eigenvalue weighted by Crippen LogP contribution is 2.41. The summed E-state index contributed by atoms with van der Waals surface area (Å²) in [6.45, 7) is 4.80. The number of rotatable bonds is 8. The van der Waals surface area contributed by atoms with Gasteiger partial charge in [-0.25, -0.2) is 0 Å². The highest BCUT2D eigenvalue weighted by Gasteiger charge is 2.46. The van der Waals surface area contributed by atoms with Gasteiger partial charge in [-0.3, -0.25) is 14.6 Å². The third kappa shape index (κ3) is 5.30. The molecule has 1 atom stereocenters. The Kier molecular flexibility index (Phi) is 7.66. The van der Waals surface area contributed by atoms with Crippen LogP contribution < -0.4 is 4.74 Å². The monoisotopic (exact) mass is 534 g/mol. The molecule has 6 nitrogen and oxygen atoms in total. The summed E-state index contributed by atoms with van der Waals surface area (Å²) in [5.74, 6) is -0.829. The topological polar surface area (TPSA) is 79.7 Å². The second kappa shape index (κ2) is 10.9. The number of hydrogen-bond donors (Lipinski definition) is 1. The number of aryl methyl sites for hydroxylation is 1. The number of nitrogens with zero attached hydrogens (tertiary/aromatic N) is 2. The van der Waals surface area contributed by atoms with Crippen molar-refractivity contribution in [3.8, 4) is 5.75 Å². The number of pyridine rings is 1. The molecule has 35 heavy (non-hydrogen) atoms. The Hall–Kier alpha value is -3.45. The molecule has 0 unspecified atom stereocenters. The maximum absolute atomic E-state index is 13.2. The standard InChI is InChI=1S/C28H27BrN2O4/c1-3-4-14-35-23-12-9-21(15-18(23)2)26(32)24-25(20-7-10-22(29)11-8-20)31(28(34)27(24)33)17-19-6-5-13-30-16-19/h5-13,15-16,25,32H,3-4,14,17H2,1-2H3/t25-/m0/s1. The minimum absolute atomic E-state index is 0.0697. The normalized spacial score (nSPS) is 17.1. The fourth-order valence-corrected chi connectivity index (χ4v) is 4.43. The number of amides is 1. The van der Waals surface area contributed by atoms with E-state index in [0.717, 1.165) is 39.8 Å². The van der Waals surface area contributed by atoms with E-state index in [4.69, 9.17) is 4.74 Å². The van der Waals surface area contributed by atoms with Gasteiger partial charge in [0.25, 0.3) is 11.7 Å². The van der Waals surface area contributed by atoms with Crippen LogP contribution in [0.4, 0.5) is 0 Å². The van der Waals surface area contributed by atoms with Crippen molar-refractivity contribution in [3.63, 3.8) is 0 Å². The lowest BCUT2D eigenvalue weighted by Crippen LogP contribution is -2.29. The van der Waals surface area contributed by atoms with Crippen LogP contribution >= 0.6 is 15.9 Å². The van der Waals surface area contributed by atoms with E-state index in [9.17, 15) is 14.7 Å². The van der Waals surface area contributed by atoms with Gasteiger partial charge in [0, 0.05) is 29.0 Å². The lowest BCUT2D eigenvalue weighted by Gasteiger charge is -2.25. The van der Waals surface area contributed by atoms with Crippen molar-refractivity contribution >= 4 is 33.4 Å². The number of aromatic nitrogens is 1. The summed E-state index contributed by atoms with van der Waals surface area (Å²) < 4.78 is 6.70. The molecule has 2 heterocycles. The van der Waals surface area contributed by atoms with Crippen LogP contribution in [-0.4, -0.2) is 33.3 Å². The molecule has 0 bridgehead atoms. The number of hydrogen-bond acceptors (Lipinski definition) is 5. The zero-order valence-electron chi connectivity index (χ0n) is 19.7. The smallest absolute Gasteiger partial charge is 0.295 e. The zero-order chi connectivity index (χ0) is 24.9. The number of ether oxygens (including phenoxy) is 1. The average molecular weight is 535 g/mol. The van der Waals surface area contributed by atoms with E-state index in [1.54, 1.807) is 36.7 Å². The minimum atomic E-state index is -0.732. The molecule has 3 aromatic rings. The largest absolute Gasteiger partial charge is 0.507 e. The number of benzene rings is 2. The van der Waals surface area contributed by atoms with Crippen molar-refractivity contribution < 1.29 is 19.4 Å². The Balaban J connectivity index is 1.77. The van der Waals surface area contributed by atoms with Gasteiger partial charge < -0.3 is 14.7 Å². The Bertz CT molecular complexity index is 1260. The maximum Gasteiger partial charge on any atom is 0.295 e. The second-order valence-electron chi connectivity index (χ2n) is 8.52. The first-order chi connectivity index (χ1) is 16.9. The first-order valence-electron chi connectivity index (χ1n) is 11.6. The number of aliphatic hydroxyl groups excluding tert-OH is 1. The summed E-state index contributed by atoms with van der Waals surface area (Å²) in [7, 11) is 0. The second-order valence-corrected chi connectivity index (χ2v) is 9.44. The van der Waals surface area contributed by atoms with E-state index in [1.165, 1.54) is 4.90 Å². The SMILES string of the molecule is CCCCOc1ccc(C(O)=C2C(=O)C(=O)N(Cc3cccnc3)[C@H]2c2ccc(Br)cc2)cc1C. The number of halogens is 1. The molecule has 7 heteroatoms. The van der Waals surface area contributed by atoms with Gasteiger partial charge in [-0.05, 0) is 66.4 Å². The molecular formula is C28H27BrN2O4. The molecule has 1 aromatic heterocycles. The molecule has 180 valence electrons. The molecule has 1 amide bonds. The Labute approximate surface area is 213 Å². The molecular weight excluding hydrogens is 508 g/mol. The molecule has 1 aliphatic rings. The molecule has 0 aliphatic carbocycles. The van der Waals surface area contributed by atoms with Gasteiger partial charge in [0.05, 0.1) is 18.2 Å². The fourth-order valence-electron chi connectivity index (χ4n) is 4.16. The summed E-state index contributed by atoms with van der Waals surface area (Å²) in [5.41, 5.74) is 2.90. The van der Waals surface area contributed by atoms with Crippen LogP contribution in [0.2, 0.25) is 0 Å². The van der Waals surface area contributed by atoms with Crippen molar-refractivity contribution in [3.05, 3.63) is 99.3 Å². The molecule has 0 spiro atoms. The predicted molar refractivity (Wildman–Crippen MR) is 138 cm³/mol. The lowest BCUT2D eigenvalue weighted by atomic mass is 9.94. The summed E-state index contributed by atoms with van der Waals surface area (Å²) in [6, 6.07) is 15.6. The predicted octanol–water partition coefficient (Wildman–Crippen LogP) is 5.95. The quantitative estimate of drug-likeness (QED) is 0.167. The first kappa shape index (κ1) is 24.7. The van der Waals surface area contributed by atoms with E-state index in [1.807, 2.05) is 37.3 Å². The number of carbonyl (C=O) groups is 2. The van der Waals surface area contributed by atoms with Crippen molar-refractivity contribution in [2.75, 3.05) is 6.61 Å². The van der Waals surface area contributed by atoms with Crippen molar-refractivity contribution in [1.82, 2.24) is 9.88 Å². The third-order valence-electron chi connectivity index (χ3n) is 6.01. The van der Waals surface area contributed by atoms with Crippen LogP contribution in [0.1, 0.15) is 48.1 Å². The van der Waals surface area contributed by atoms with E-state index in [2.05, 4.69) is 27.8 Å². The minimum Gasteiger partial charge on any atom is -0.507 e. The molecule has 0 saturated carbocycles. The van der Waals surface area contributed by atoms with Crippen molar-refractivity contribution in [2.24, 2.45) is 0 Å². The molecule has 2 aromatic carbocycles. The van der Waals surface area contributed by atoms with E-state index >= 15 is 0 Å². The number of likely N-dealkylation sites (tertiary alicyclic amines) is 1. The van der Waals surface area contributed by atoms with Crippen LogP contribution in [0, 0.1) is 6.92 Å². The van der Waals surface area contributed by atoms with Gasteiger partial charge in [-0.15, -0.1) is 0 Å². The molecule has 4 rings (SSSR count). The van der Waals surface area contributed by atoms with Crippen molar-refractivity contribution in [1.29, 1.82) is 0 Å². The highest BCUT2D eigenvalue weighted by atomic mass is 79.9. The molecule has 0 radical (unpaired) electrons. The summed E-state index contributed by atoms with van der Waals surface area (Å²) in [6.07, 6.45) is 5.31. The number of carbonyl (C=O) groups excluding carboxylic acids is 2. The van der Waals surface area contributed by atoms with Gasteiger partial charge in [0.15, 0.2) is 0 Å². The lowest BCUT2D eigenvalue weighted by molar-refractivity contribution is -0.140.